The van der Waals surface area contributed by atoms with Gasteiger partial charge in [-0.05, 0) is 36.7 Å². The maximum atomic E-state index is 11.9. The molecule has 2 aromatic rings. The highest BCUT2D eigenvalue weighted by molar-refractivity contribution is 7.18. The molecule has 1 aliphatic rings. The molecular weight excluding hydrogens is 310 g/mol. The minimum atomic E-state index is -0.108. The van der Waals surface area contributed by atoms with E-state index in [0.717, 1.165) is 29.0 Å². The Morgan fingerprint density at radius 1 is 1.48 bits per heavy atom. The van der Waals surface area contributed by atoms with Gasteiger partial charge in [0.2, 0.25) is 5.88 Å². The van der Waals surface area contributed by atoms with Gasteiger partial charge < -0.3 is 10.1 Å². The van der Waals surface area contributed by atoms with E-state index in [0.29, 0.717) is 18.3 Å². The van der Waals surface area contributed by atoms with Crippen molar-refractivity contribution in [1.82, 2.24) is 15.3 Å². The summed E-state index contributed by atoms with van der Waals surface area (Å²) in [6, 6.07) is 0. The SMILES string of the molecule is CC(C)CNC(=O)COc1ncnc2sc3c(c12)CC[C@H](C)C3. The highest BCUT2D eigenvalue weighted by Crippen LogP contribution is 2.40. The number of carbonyl (C=O) groups is 1. The lowest BCUT2D eigenvalue weighted by Crippen LogP contribution is -2.31. The number of fused-ring (bicyclic) bond motifs is 3. The van der Waals surface area contributed by atoms with Gasteiger partial charge >= 0.3 is 0 Å². The van der Waals surface area contributed by atoms with Crippen molar-refractivity contribution in [2.75, 3.05) is 13.2 Å². The summed E-state index contributed by atoms with van der Waals surface area (Å²) in [4.78, 5) is 22.9. The van der Waals surface area contributed by atoms with E-state index in [9.17, 15) is 4.79 Å². The zero-order chi connectivity index (χ0) is 16.4. The normalized spacial score (nSPS) is 17.3. The van der Waals surface area contributed by atoms with Crippen molar-refractivity contribution in [2.45, 2.75) is 40.0 Å². The van der Waals surface area contributed by atoms with Gasteiger partial charge in [-0.1, -0.05) is 20.8 Å². The third kappa shape index (κ3) is 3.63. The highest BCUT2D eigenvalue weighted by atomic mass is 32.1. The molecule has 0 bridgehead atoms. The second kappa shape index (κ2) is 6.83. The zero-order valence-corrected chi connectivity index (χ0v) is 14.7. The first kappa shape index (κ1) is 16.2. The van der Waals surface area contributed by atoms with Crippen LogP contribution < -0.4 is 10.1 Å². The van der Waals surface area contributed by atoms with Crippen molar-refractivity contribution in [3.63, 3.8) is 0 Å². The van der Waals surface area contributed by atoms with Crippen molar-refractivity contribution < 1.29 is 9.53 Å². The first-order valence-corrected chi connectivity index (χ1v) is 9.01. The summed E-state index contributed by atoms with van der Waals surface area (Å²) in [6.07, 6.45) is 4.85. The molecule has 2 aromatic heterocycles. The van der Waals surface area contributed by atoms with Crippen molar-refractivity contribution in [3.05, 3.63) is 16.8 Å². The van der Waals surface area contributed by atoms with E-state index in [1.807, 2.05) is 0 Å². The molecule has 1 amide bonds. The molecule has 23 heavy (non-hydrogen) atoms. The zero-order valence-electron chi connectivity index (χ0n) is 13.9. The Bertz CT molecular complexity index is 711. The fourth-order valence-corrected chi connectivity index (χ4v) is 4.20. The Morgan fingerprint density at radius 2 is 2.30 bits per heavy atom. The Labute approximate surface area is 140 Å². The number of aryl methyl sites for hydroxylation is 1. The maximum absolute atomic E-state index is 11.9. The van der Waals surface area contributed by atoms with Crippen LogP contribution in [0.15, 0.2) is 6.33 Å². The van der Waals surface area contributed by atoms with Crippen LogP contribution in [-0.4, -0.2) is 29.0 Å². The van der Waals surface area contributed by atoms with Crippen molar-refractivity contribution in [2.24, 2.45) is 11.8 Å². The largest absolute Gasteiger partial charge is 0.467 e. The first-order chi connectivity index (χ1) is 11.0. The summed E-state index contributed by atoms with van der Waals surface area (Å²) in [6.45, 7) is 7.07. The van der Waals surface area contributed by atoms with Crippen LogP contribution >= 0.6 is 11.3 Å². The third-order valence-electron chi connectivity index (χ3n) is 4.10. The lowest BCUT2D eigenvalue weighted by molar-refractivity contribution is -0.123. The molecule has 0 aliphatic heterocycles. The molecule has 0 fully saturated rings. The number of nitrogens with zero attached hydrogens (tertiary/aromatic N) is 2. The van der Waals surface area contributed by atoms with Crippen molar-refractivity contribution >= 4 is 27.5 Å². The summed E-state index contributed by atoms with van der Waals surface area (Å²) < 4.78 is 5.71. The molecule has 0 saturated carbocycles. The van der Waals surface area contributed by atoms with Gasteiger partial charge in [-0.3, -0.25) is 4.79 Å². The van der Waals surface area contributed by atoms with Crippen LogP contribution in [0.1, 0.15) is 37.6 Å². The predicted molar refractivity (Wildman–Crippen MR) is 91.9 cm³/mol. The van der Waals surface area contributed by atoms with E-state index in [4.69, 9.17) is 4.74 Å². The Hall–Kier alpha value is -1.69. The number of ether oxygens (including phenoxy) is 1. The average molecular weight is 333 g/mol. The minimum absolute atomic E-state index is 0.000143. The molecule has 6 heteroatoms. The molecular formula is C17H23N3O2S. The average Bonchev–Trinajstić information content (AvgIpc) is 2.88. The van der Waals surface area contributed by atoms with Gasteiger partial charge in [0.25, 0.3) is 5.91 Å². The number of rotatable bonds is 5. The number of carbonyl (C=O) groups excluding carboxylic acids is 1. The first-order valence-electron chi connectivity index (χ1n) is 8.19. The molecule has 0 saturated heterocycles. The molecule has 0 unspecified atom stereocenters. The molecule has 124 valence electrons. The second-order valence-electron chi connectivity index (χ2n) is 6.70. The van der Waals surface area contributed by atoms with Crippen LogP contribution in [0.5, 0.6) is 5.88 Å². The van der Waals surface area contributed by atoms with Gasteiger partial charge in [-0.25, -0.2) is 9.97 Å². The Balaban J connectivity index is 1.77. The standard InChI is InChI=1S/C17H23N3O2S/c1-10(2)7-18-14(21)8-22-16-15-12-5-4-11(3)6-13(12)23-17(15)20-9-19-16/h9-11H,4-8H2,1-3H3,(H,18,21)/t11-/m0/s1. The van der Waals surface area contributed by atoms with Crippen LogP contribution in [-0.2, 0) is 17.6 Å². The topological polar surface area (TPSA) is 64.1 Å². The van der Waals surface area contributed by atoms with E-state index in [1.165, 1.54) is 23.2 Å². The lowest BCUT2D eigenvalue weighted by atomic mass is 9.89. The number of hydrogen-bond acceptors (Lipinski definition) is 5. The fourth-order valence-electron chi connectivity index (χ4n) is 2.86. The smallest absolute Gasteiger partial charge is 0.258 e. The Kier molecular flexibility index (Phi) is 4.80. The van der Waals surface area contributed by atoms with Gasteiger partial charge in [0.15, 0.2) is 6.61 Å². The monoisotopic (exact) mass is 333 g/mol. The molecule has 1 N–H and O–H groups in total. The summed E-state index contributed by atoms with van der Waals surface area (Å²) in [7, 11) is 0. The molecule has 1 aliphatic carbocycles. The molecule has 0 radical (unpaired) electrons. The lowest BCUT2D eigenvalue weighted by Gasteiger charge is -2.18. The number of thiophene rings is 1. The van der Waals surface area contributed by atoms with Crippen molar-refractivity contribution in [1.29, 1.82) is 0 Å². The van der Waals surface area contributed by atoms with E-state index >= 15 is 0 Å². The van der Waals surface area contributed by atoms with Crippen LogP contribution in [0.2, 0.25) is 0 Å². The van der Waals surface area contributed by atoms with Gasteiger partial charge in [-0.15, -0.1) is 11.3 Å². The predicted octanol–water partition coefficient (Wildman–Crippen LogP) is 2.97. The van der Waals surface area contributed by atoms with Gasteiger partial charge in [0, 0.05) is 11.4 Å². The summed E-state index contributed by atoms with van der Waals surface area (Å²) in [5.74, 6) is 1.58. The van der Waals surface area contributed by atoms with Gasteiger partial charge in [0.1, 0.15) is 11.2 Å². The minimum Gasteiger partial charge on any atom is -0.467 e. The van der Waals surface area contributed by atoms with E-state index < -0.39 is 0 Å². The number of aromatic nitrogens is 2. The van der Waals surface area contributed by atoms with E-state index in [2.05, 4.69) is 36.1 Å². The third-order valence-corrected chi connectivity index (χ3v) is 5.27. The van der Waals surface area contributed by atoms with E-state index in [1.54, 1.807) is 11.3 Å². The van der Waals surface area contributed by atoms with Crippen molar-refractivity contribution in [3.8, 4) is 5.88 Å². The Morgan fingerprint density at radius 3 is 3.09 bits per heavy atom. The molecule has 2 heterocycles. The molecule has 1 atom stereocenters. The molecule has 5 nitrogen and oxygen atoms in total. The quantitative estimate of drug-likeness (QED) is 0.914. The maximum Gasteiger partial charge on any atom is 0.258 e. The number of hydrogen-bond donors (Lipinski definition) is 1. The summed E-state index contributed by atoms with van der Waals surface area (Å²) in [5.41, 5.74) is 1.32. The molecule has 0 aromatic carbocycles. The molecule has 3 rings (SSSR count). The van der Waals surface area contributed by atoms with Crippen LogP contribution in [0.3, 0.4) is 0 Å². The van der Waals surface area contributed by atoms with Gasteiger partial charge in [-0.2, -0.15) is 0 Å². The molecule has 0 spiro atoms. The second-order valence-corrected chi connectivity index (χ2v) is 7.78. The number of nitrogens with one attached hydrogen (secondary N) is 1. The highest BCUT2D eigenvalue weighted by Gasteiger charge is 2.23. The van der Waals surface area contributed by atoms with E-state index in [-0.39, 0.29) is 12.5 Å². The summed E-state index contributed by atoms with van der Waals surface area (Å²) in [5, 5.41) is 3.87. The fraction of sp³-hybridized carbons (Fsp3) is 0.588. The van der Waals surface area contributed by atoms with Gasteiger partial charge in [0.05, 0.1) is 5.39 Å². The summed E-state index contributed by atoms with van der Waals surface area (Å²) >= 11 is 1.73. The van der Waals surface area contributed by atoms with Crippen LogP contribution in [0, 0.1) is 11.8 Å². The van der Waals surface area contributed by atoms with Crippen LogP contribution in [0.4, 0.5) is 0 Å². The van der Waals surface area contributed by atoms with Crippen LogP contribution in [0.25, 0.3) is 10.2 Å². The number of amides is 1.